The SMILES string of the molecule is O=S(=O)(F)N=S(=O)(F)N=P(Cl)(Cl)Cl. The van der Waals surface area contributed by atoms with Crippen LogP contribution in [-0.4, -0.2) is 12.6 Å². The first-order valence-corrected chi connectivity index (χ1v) is 9.23. The second-order valence-corrected chi connectivity index (χ2v) is 11.2. The van der Waals surface area contributed by atoms with Gasteiger partial charge in [0.15, 0.2) is 0 Å². The van der Waals surface area contributed by atoms with Crippen molar-refractivity contribution in [1.29, 1.82) is 0 Å². The first kappa shape index (κ1) is 13.9. The van der Waals surface area contributed by atoms with Crippen molar-refractivity contribution < 1.29 is 20.4 Å². The van der Waals surface area contributed by atoms with E-state index in [0.717, 1.165) is 0 Å². The molecule has 0 radical (unpaired) electrons. The summed E-state index contributed by atoms with van der Waals surface area (Å²) < 4.78 is 57.8. The van der Waals surface area contributed by atoms with E-state index in [-0.39, 0.29) is 0 Å². The van der Waals surface area contributed by atoms with Crippen LogP contribution in [0.4, 0.5) is 7.77 Å². The van der Waals surface area contributed by atoms with Gasteiger partial charge in [0, 0.05) is 0 Å². The third-order valence-corrected chi connectivity index (χ3v) is 5.03. The molecule has 0 aliphatic rings. The lowest BCUT2D eigenvalue weighted by atomic mass is 13.9. The maximum atomic E-state index is 12.4. The molecule has 0 amide bonds. The molecule has 0 rings (SSSR count). The molecule has 0 aliphatic carbocycles. The minimum Gasteiger partial charge on any atom is -0.190 e. The summed E-state index contributed by atoms with van der Waals surface area (Å²) in [5.74, 6) is 0. The van der Waals surface area contributed by atoms with Crippen LogP contribution in [0.5, 0.6) is 0 Å². The summed E-state index contributed by atoms with van der Waals surface area (Å²) in [7, 11) is -10.8. The molecule has 0 aromatic heterocycles. The molecule has 0 aromatic rings. The highest BCUT2D eigenvalue weighted by molar-refractivity contribution is 8.28. The van der Waals surface area contributed by atoms with E-state index in [1.54, 1.807) is 3.77 Å². The molecule has 13 heavy (non-hydrogen) atoms. The fraction of sp³-hybridized carbons (Fsp3) is 0. The lowest BCUT2D eigenvalue weighted by Gasteiger charge is -1.94. The second kappa shape index (κ2) is 4.16. The summed E-state index contributed by atoms with van der Waals surface area (Å²) in [4.78, 5) is 0. The van der Waals surface area contributed by atoms with Crippen molar-refractivity contribution in [3.63, 3.8) is 0 Å². The molecule has 0 saturated carbocycles. The zero-order chi connectivity index (χ0) is 10.9. The van der Waals surface area contributed by atoms with Gasteiger partial charge in [-0.15, -0.1) is 8.04 Å². The van der Waals surface area contributed by atoms with Gasteiger partial charge in [-0.05, 0) is 37.5 Å². The van der Waals surface area contributed by atoms with Gasteiger partial charge >= 0.3 is 20.7 Å². The molecule has 80 valence electrons. The molecule has 13 heteroatoms. The van der Waals surface area contributed by atoms with E-state index in [4.69, 9.17) is 33.7 Å². The summed E-state index contributed by atoms with van der Waals surface area (Å²) in [6.45, 7) is 0. The largest absolute Gasteiger partial charge is 0.429 e. The van der Waals surface area contributed by atoms with Gasteiger partial charge in [-0.2, -0.15) is 12.6 Å². The van der Waals surface area contributed by atoms with Crippen molar-refractivity contribution in [3.05, 3.63) is 0 Å². The normalized spacial score (nSPS) is 17.6. The molecular weight excluding hydrogens is 315 g/mol. The Kier molecular flexibility index (Phi) is 4.43. The Bertz CT molecular complexity index is 447. The van der Waals surface area contributed by atoms with Gasteiger partial charge in [-0.25, -0.2) is 0 Å². The van der Waals surface area contributed by atoms with E-state index in [9.17, 15) is 20.4 Å². The molecule has 0 saturated heterocycles. The Labute approximate surface area is 87.7 Å². The maximum absolute atomic E-state index is 12.4. The van der Waals surface area contributed by atoms with Gasteiger partial charge in [0.25, 0.3) is 0 Å². The van der Waals surface area contributed by atoms with E-state index in [1.165, 1.54) is 0 Å². The molecule has 0 heterocycles. The first-order valence-electron chi connectivity index (χ1n) is 2.06. The van der Waals surface area contributed by atoms with Gasteiger partial charge < -0.3 is 0 Å². The predicted molar refractivity (Wildman–Crippen MR) is 48.6 cm³/mol. The van der Waals surface area contributed by atoms with E-state index in [0.29, 0.717) is 0 Å². The lowest BCUT2D eigenvalue weighted by Crippen LogP contribution is -1.90. The van der Waals surface area contributed by atoms with Crippen molar-refractivity contribution in [2.45, 2.75) is 0 Å². The quantitative estimate of drug-likeness (QED) is 0.580. The van der Waals surface area contributed by atoms with Gasteiger partial charge in [0.2, 0.25) is 5.11 Å². The van der Waals surface area contributed by atoms with Crippen LogP contribution in [-0.2, 0) is 20.7 Å². The molecule has 0 bridgehead atoms. The average molecular weight is 315 g/mol. The molecule has 0 spiro atoms. The molecule has 0 N–H and O–H groups in total. The zero-order valence-corrected chi connectivity index (χ0v) is 10.1. The van der Waals surface area contributed by atoms with Crippen LogP contribution in [0.3, 0.4) is 0 Å². The Morgan fingerprint density at radius 2 is 1.46 bits per heavy atom. The second-order valence-electron chi connectivity index (χ2n) is 1.42. The highest BCUT2D eigenvalue weighted by atomic mass is 36.0. The summed E-state index contributed by atoms with van der Waals surface area (Å²) in [5, 5.41) is -3.76. The zero-order valence-electron chi connectivity index (χ0n) is 5.27. The Hall–Kier alpha value is 0.860. The number of nitrogens with zero attached hydrogens (tertiary/aromatic N) is 2. The fourth-order valence-corrected chi connectivity index (χ4v) is 4.47. The van der Waals surface area contributed by atoms with Crippen LogP contribution < -0.4 is 0 Å². The third-order valence-electron chi connectivity index (χ3n) is 0.374. The van der Waals surface area contributed by atoms with E-state index in [1.807, 2.05) is 0 Å². The van der Waals surface area contributed by atoms with Crippen molar-refractivity contribution in [2.24, 2.45) is 7.92 Å². The Balaban J connectivity index is 5.53. The van der Waals surface area contributed by atoms with E-state index in [2.05, 4.69) is 4.15 Å². The van der Waals surface area contributed by atoms with E-state index < -0.39 is 25.8 Å². The highest BCUT2D eigenvalue weighted by Crippen LogP contribution is 2.65. The van der Waals surface area contributed by atoms with Crippen LogP contribution in [0.2, 0.25) is 0 Å². The number of hydrogen-bond donors (Lipinski definition) is 0. The molecule has 1 atom stereocenters. The molecular formula is Cl3F2N2O3PS2. The number of hydrogen-bond acceptors (Lipinski definition) is 3. The number of rotatable bonds is 2. The van der Waals surface area contributed by atoms with Crippen LogP contribution >= 0.6 is 38.8 Å². The topological polar surface area (TPSA) is 75.9 Å². The van der Waals surface area contributed by atoms with E-state index >= 15 is 0 Å². The molecule has 1 unspecified atom stereocenters. The van der Waals surface area contributed by atoms with Crippen LogP contribution in [0, 0.1) is 0 Å². The molecule has 5 nitrogen and oxygen atoms in total. The summed E-state index contributed by atoms with van der Waals surface area (Å²) in [6, 6.07) is 0. The van der Waals surface area contributed by atoms with Gasteiger partial charge in [-0.3, -0.25) is 0 Å². The van der Waals surface area contributed by atoms with Crippen molar-refractivity contribution in [1.82, 2.24) is 0 Å². The Morgan fingerprint density at radius 3 is 1.69 bits per heavy atom. The van der Waals surface area contributed by atoms with Crippen molar-refractivity contribution >= 4 is 59.5 Å². The standard InChI is InChI=1S/Cl3F2N2O3PS2/c1-11(2,3)6-12(4,8)7-13(5,9)10. The lowest BCUT2D eigenvalue weighted by molar-refractivity contribution is 0.554. The first-order chi connectivity index (χ1) is 5.41. The minimum absolute atomic E-state index is 1.60. The van der Waals surface area contributed by atoms with Crippen molar-refractivity contribution in [2.75, 3.05) is 0 Å². The minimum atomic E-state index is -5.63. The van der Waals surface area contributed by atoms with Gasteiger partial charge in [0.05, 0.1) is 0 Å². The van der Waals surface area contributed by atoms with Crippen LogP contribution in [0.25, 0.3) is 0 Å². The fourth-order valence-electron chi connectivity index (χ4n) is 0.239. The molecule has 0 aliphatic heterocycles. The van der Waals surface area contributed by atoms with Gasteiger partial charge in [-0.1, -0.05) is 3.89 Å². The van der Waals surface area contributed by atoms with Crippen LogP contribution in [0.1, 0.15) is 0 Å². The number of halogens is 5. The van der Waals surface area contributed by atoms with Gasteiger partial charge in [0.1, 0.15) is 0 Å². The maximum Gasteiger partial charge on any atom is 0.429 e. The predicted octanol–water partition coefficient (Wildman–Crippen LogP) is 3.13. The Morgan fingerprint density at radius 1 is 1.08 bits per heavy atom. The third kappa shape index (κ3) is 9.17. The van der Waals surface area contributed by atoms with Crippen LogP contribution in [0.15, 0.2) is 7.92 Å². The smallest absolute Gasteiger partial charge is 0.190 e. The van der Waals surface area contributed by atoms with Crippen molar-refractivity contribution in [3.8, 4) is 0 Å². The summed E-state index contributed by atoms with van der Waals surface area (Å²) >= 11 is 14.8. The molecule has 0 fully saturated rings. The summed E-state index contributed by atoms with van der Waals surface area (Å²) in [6.07, 6.45) is 0. The summed E-state index contributed by atoms with van der Waals surface area (Å²) in [5.41, 5.74) is 0. The molecule has 0 aromatic carbocycles. The monoisotopic (exact) mass is 314 g/mol. The highest BCUT2D eigenvalue weighted by Gasteiger charge is 2.18. The average Bonchev–Trinajstić information content (AvgIpc) is 1.43.